The Bertz CT molecular complexity index is 1100. The molecule has 2 aromatic rings. The van der Waals surface area contributed by atoms with Crippen molar-refractivity contribution in [2.75, 3.05) is 44.2 Å². The third kappa shape index (κ3) is 4.39. The number of nitrogens with one attached hydrogen (secondary N) is 1. The van der Waals surface area contributed by atoms with E-state index in [0.29, 0.717) is 11.6 Å². The van der Waals surface area contributed by atoms with E-state index in [2.05, 4.69) is 5.32 Å². The topological polar surface area (TPSA) is 112 Å². The summed E-state index contributed by atoms with van der Waals surface area (Å²) in [7, 11) is 4.94. The molecule has 1 heterocycles. The molecule has 1 aliphatic heterocycles. The number of esters is 1. The molecule has 164 valence electrons. The first-order valence-electron chi connectivity index (χ1n) is 9.70. The Kier molecular flexibility index (Phi) is 6.75. The Morgan fingerprint density at radius 1 is 1.00 bits per heavy atom. The number of hydrogen-bond donors (Lipinski definition) is 1. The lowest BCUT2D eigenvalue weighted by Crippen LogP contribution is -2.32. The van der Waals surface area contributed by atoms with Crippen LogP contribution in [0.25, 0.3) is 0 Å². The van der Waals surface area contributed by atoms with Crippen LogP contribution >= 0.6 is 0 Å². The molecule has 0 bridgehead atoms. The number of Topliss-reactive ketones (excluding diaryl/α,β-unsaturated/α-hetero) is 1. The molecule has 0 spiro atoms. The molecule has 9 nitrogen and oxygen atoms in total. The molecular weight excluding hydrogens is 412 g/mol. The minimum absolute atomic E-state index is 0.128. The van der Waals surface area contributed by atoms with E-state index in [0.717, 1.165) is 11.4 Å². The quantitative estimate of drug-likeness (QED) is 0.399. The number of ketones is 1. The predicted octanol–water partition coefficient (Wildman–Crippen LogP) is 1.86. The number of anilines is 2. The highest BCUT2D eigenvalue weighted by atomic mass is 16.5. The van der Waals surface area contributed by atoms with Crippen molar-refractivity contribution >= 4 is 29.0 Å². The van der Waals surface area contributed by atoms with Crippen molar-refractivity contribution in [2.24, 2.45) is 0 Å². The number of rotatable bonds is 7. The molecule has 1 amide bonds. The summed E-state index contributed by atoms with van der Waals surface area (Å²) >= 11 is 0. The third-order valence-electron chi connectivity index (χ3n) is 4.96. The van der Waals surface area contributed by atoms with E-state index in [1.807, 2.05) is 30.3 Å². The van der Waals surface area contributed by atoms with Gasteiger partial charge in [0, 0.05) is 14.1 Å². The molecule has 0 saturated carbocycles. The van der Waals surface area contributed by atoms with E-state index in [-0.39, 0.29) is 11.1 Å². The predicted molar refractivity (Wildman–Crippen MR) is 117 cm³/mol. The summed E-state index contributed by atoms with van der Waals surface area (Å²) in [6.07, 6.45) is 0. The minimum Gasteiger partial charge on any atom is -0.496 e. The van der Waals surface area contributed by atoms with Gasteiger partial charge in [0.05, 0.1) is 24.0 Å². The van der Waals surface area contributed by atoms with Crippen LogP contribution in [-0.2, 0) is 14.3 Å². The number of carbonyl (C=O) groups is 3. The maximum Gasteiger partial charge on any atom is 0.325 e. The average molecular weight is 434 g/mol. The maximum absolute atomic E-state index is 12.6. The van der Waals surface area contributed by atoms with Gasteiger partial charge in [-0.25, -0.2) is 0 Å². The first kappa shape index (κ1) is 22.4. The van der Waals surface area contributed by atoms with Crippen molar-refractivity contribution in [3.05, 3.63) is 65.5 Å². The molecule has 0 aliphatic carbocycles. The van der Waals surface area contributed by atoms with E-state index < -0.39 is 30.8 Å². The van der Waals surface area contributed by atoms with Crippen molar-refractivity contribution in [2.45, 2.75) is 0 Å². The Balaban J connectivity index is 1.61. The van der Waals surface area contributed by atoms with Crippen LogP contribution in [0.1, 0.15) is 10.4 Å². The molecule has 0 radical (unpaired) electrons. The van der Waals surface area contributed by atoms with Gasteiger partial charge in [0.15, 0.2) is 6.61 Å². The van der Waals surface area contributed by atoms with Gasteiger partial charge in [-0.05, 0) is 24.3 Å². The number of carbonyl (C=O) groups excluding carboxylic acids is 3. The summed E-state index contributed by atoms with van der Waals surface area (Å²) in [4.78, 5) is 40.4. The Morgan fingerprint density at radius 2 is 1.59 bits per heavy atom. The van der Waals surface area contributed by atoms with Crippen LogP contribution in [0, 0.1) is 11.3 Å². The van der Waals surface area contributed by atoms with Gasteiger partial charge in [-0.2, -0.15) is 5.26 Å². The molecule has 1 N–H and O–H groups in total. The van der Waals surface area contributed by atoms with Gasteiger partial charge in [-0.1, -0.05) is 24.3 Å². The molecule has 0 atom stereocenters. The second-order valence-electron chi connectivity index (χ2n) is 6.88. The fourth-order valence-electron chi connectivity index (χ4n) is 3.41. The van der Waals surface area contributed by atoms with Gasteiger partial charge in [-0.15, -0.1) is 0 Å². The van der Waals surface area contributed by atoms with Gasteiger partial charge < -0.3 is 24.6 Å². The molecule has 1 aliphatic rings. The molecular formula is C23H22N4O5. The van der Waals surface area contributed by atoms with Crippen molar-refractivity contribution in [3.8, 4) is 11.8 Å². The molecule has 9 heteroatoms. The van der Waals surface area contributed by atoms with Crippen molar-refractivity contribution in [1.29, 1.82) is 5.26 Å². The van der Waals surface area contributed by atoms with Crippen LogP contribution in [0.3, 0.4) is 0 Å². The SMILES string of the molecule is COc1ccccc1C(=O)NCC(=O)OCC(=O)C(C#N)=C1N(C)c2ccccc2N1C. The second-order valence-corrected chi connectivity index (χ2v) is 6.88. The first-order valence-corrected chi connectivity index (χ1v) is 9.70. The van der Waals surface area contributed by atoms with Crippen LogP contribution in [-0.4, -0.2) is 52.0 Å². The lowest BCUT2D eigenvalue weighted by molar-refractivity contribution is -0.145. The van der Waals surface area contributed by atoms with Gasteiger partial charge in [-0.3, -0.25) is 14.4 Å². The van der Waals surface area contributed by atoms with Crippen LogP contribution in [0.5, 0.6) is 5.75 Å². The van der Waals surface area contributed by atoms with E-state index in [1.165, 1.54) is 7.11 Å². The fraction of sp³-hybridized carbons (Fsp3) is 0.217. The number of para-hydroxylation sites is 3. The summed E-state index contributed by atoms with van der Waals surface area (Å²) in [5, 5.41) is 12.0. The Labute approximate surface area is 185 Å². The van der Waals surface area contributed by atoms with Crippen LogP contribution in [0.2, 0.25) is 0 Å². The zero-order chi connectivity index (χ0) is 23.3. The Hall–Kier alpha value is -4.32. The minimum atomic E-state index is -0.805. The van der Waals surface area contributed by atoms with Gasteiger partial charge >= 0.3 is 5.97 Å². The number of amides is 1. The molecule has 0 fully saturated rings. The zero-order valence-corrected chi connectivity index (χ0v) is 17.9. The zero-order valence-electron chi connectivity index (χ0n) is 17.9. The highest BCUT2D eigenvalue weighted by molar-refractivity contribution is 6.04. The summed E-state index contributed by atoms with van der Waals surface area (Å²) in [5.41, 5.74) is 1.84. The molecule has 0 saturated heterocycles. The largest absolute Gasteiger partial charge is 0.496 e. The maximum atomic E-state index is 12.6. The van der Waals surface area contributed by atoms with Crippen molar-refractivity contribution < 1.29 is 23.9 Å². The standard InChI is InChI=1S/C23H22N4O5/c1-26-17-9-5-6-10-18(17)27(2)23(26)16(12-24)19(28)14-32-21(29)13-25-22(30)15-8-4-7-11-20(15)31-3/h4-11H,13-14H2,1-3H3,(H,25,30). The third-order valence-corrected chi connectivity index (χ3v) is 4.96. The van der Waals surface area contributed by atoms with Crippen molar-refractivity contribution in [1.82, 2.24) is 5.32 Å². The number of methoxy groups -OCH3 is 1. The lowest BCUT2D eigenvalue weighted by Gasteiger charge is -2.19. The molecule has 0 unspecified atom stereocenters. The van der Waals surface area contributed by atoms with Crippen molar-refractivity contribution in [3.63, 3.8) is 0 Å². The lowest BCUT2D eigenvalue weighted by atomic mass is 10.2. The summed E-state index contributed by atoms with van der Waals surface area (Å²) in [6, 6.07) is 16.0. The van der Waals surface area contributed by atoms with Gasteiger partial charge in [0.25, 0.3) is 5.91 Å². The first-order chi connectivity index (χ1) is 15.4. The number of fused-ring (bicyclic) bond motifs is 1. The van der Waals surface area contributed by atoms with E-state index >= 15 is 0 Å². The Morgan fingerprint density at radius 3 is 2.19 bits per heavy atom. The average Bonchev–Trinajstić information content (AvgIpc) is 3.07. The van der Waals surface area contributed by atoms with E-state index in [1.54, 1.807) is 48.2 Å². The number of hydrogen-bond acceptors (Lipinski definition) is 8. The normalized spacial score (nSPS) is 12.0. The summed E-state index contributed by atoms with van der Waals surface area (Å²) < 4.78 is 10.1. The monoisotopic (exact) mass is 434 g/mol. The van der Waals surface area contributed by atoms with Crippen LogP contribution < -0.4 is 19.9 Å². The molecule has 2 aromatic carbocycles. The second kappa shape index (κ2) is 9.66. The van der Waals surface area contributed by atoms with Gasteiger partial charge in [0.2, 0.25) is 5.78 Å². The smallest absolute Gasteiger partial charge is 0.325 e. The molecule has 3 rings (SSSR count). The van der Waals surface area contributed by atoms with E-state index in [4.69, 9.17) is 9.47 Å². The number of ether oxygens (including phenoxy) is 2. The summed E-state index contributed by atoms with van der Waals surface area (Å²) in [5.74, 6) is -1.19. The molecule has 32 heavy (non-hydrogen) atoms. The number of nitriles is 1. The van der Waals surface area contributed by atoms with E-state index in [9.17, 15) is 19.6 Å². The summed E-state index contributed by atoms with van der Waals surface area (Å²) in [6.45, 7) is -1.05. The molecule has 0 aromatic heterocycles. The van der Waals surface area contributed by atoms with Crippen LogP contribution in [0.15, 0.2) is 59.9 Å². The highest BCUT2D eigenvalue weighted by Gasteiger charge is 2.31. The highest BCUT2D eigenvalue weighted by Crippen LogP contribution is 2.40. The number of nitrogens with zero attached hydrogens (tertiary/aromatic N) is 3. The number of benzene rings is 2. The van der Waals surface area contributed by atoms with Crippen LogP contribution in [0.4, 0.5) is 11.4 Å². The van der Waals surface area contributed by atoms with Gasteiger partial charge in [0.1, 0.15) is 29.8 Å². The fourth-order valence-corrected chi connectivity index (χ4v) is 3.41.